The molecule has 0 bridgehead atoms. The SMILES string of the molecule is Cc1ccc(S(=O)(=O)N2C(C#N)C[C@H]3CCCC[C@@H]32)cc1. The van der Waals surface area contributed by atoms with Crippen LogP contribution in [0, 0.1) is 24.2 Å². The average Bonchev–Trinajstić information content (AvgIpc) is 2.87. The molecule has 1 saturated heterocycles. The van der Waals surface area contributed by atoms with Crippen molar-refractivity contribution < 1.29 is 8.42 Å². The molecule has 0 radical (unpaired) electrons. The lowest BCUT2D eigenvalue weighted by Crippen LogP contribution is -2.42. The summed E-state index contributed by atoms with van der Waals surface area (Å²) >= 11 is 0. The van der Waals surface area contributed by atoms with Crippen molar-refractivity contribution in [3.63, 3.8) is 0 Å². The fourth-order valence-corrected chi connectivity index (χ4v) is 5.53. The molecule has 0 amide bonds. The Balaban J connectivity index is 1.99. The van der Waals surface area contributed by atoms with Crippen molar-refractivity contribution in [1.29, 1.82) is 5.26 Å². The predicted molar refractivity (Wildman–Crippen MR) is 80.0 cm³/mol. The van der Waals surface area contributed by atoms with Gasteiger partial charge in [-0.2, -0.15) is 9.57 Å². The first-order valence-electron chi connectivity index (χ1n) is 7.54. The smallest absolute Gasteiger partial charge is 0.207 e. The second-order valence-corrected chi connectivity index (χ2v) is 7.98. The fourth-order valence-electron chi connectivity index (χ4n) is 3.71. The first kappa shape index (κ1) is 14.6. The van der Waals surface area contributed by atoms with Crippen LogP contribution in [0.25, 0.3) is 0 Å². The highest BCUT2D eigenvalue weighted by Crippen LogP contribution is 2.42. The Morgan fingerprint density at radius 3 is 2.52 bits per heavy atom. The zero-order valence-electron chi connectivity index (χ0n) is 12.2. The van der Waals surface area contributed by atoms with Gasteiger partial charge in [-0.25, -0.2) is 8.42 Å². The zero-order valence-corrected chi connectivity index (χ0v) is 13.0. The molecule has 1 aromatic rings. The molecule has 112 valence electrons. The minimum absolute atomic E-state index is 0.00898. The first-order valence-corrected chi connectivity index (χ1v) is 8.98. The lowest BCUT2D eigenvalue weighted by molar-refractivity contribution is 0.253. The van der Waals surface area contributed by atoms with E-state index in [4.69, 9.17) is 0 Å². The van der Waals surface area contributed by atoms with E-state index in [2.05, 4.69) is 6.07 Å². The molecule has 3 rings (SSSR count). The van der Waals surface area contributed by atoms with Crippen LogP contribution < -0.4 is 0 Å². The van der Waals surface area contributed by atoms with Crippen LogP contribution in [0.5, 0.6) is 0 Å². The van der Waals surface area contributed by atoms with Crippen molar-refractivity contribution in [3.8, 4) is 6.07 Å². The van der Waals surface area contributed by atoms with Crippen molar-refractivity contribution in [3.05, 3.63) is 29.8 Å². The molecule has 1 aliphatic carbocycles. The van der Waals surface area contributed by atoms with Crippen molar-refractivity contribution in [2.75, 3.05) is 0 Å². The van der Waals surface area contributed by atoms with Gasteiger partial charge in [-0.3, -0.25) is 0 Å². The van der Waals surface area contributed by atoms with Crippen LogP contribution >= 0.6 is 0 Å². The molecule has 3 atom stereocenters. The van der Waals surface area contributed by atoms with Gasteiger partial charge in [0.25, 0.3) is 0 Å². The molecule has 0 N–H and O–H groups in total. The van der Waals surface area contributed by atoms with E-state index in [0.717, 1.165) is 31.2 Å². The van der Waals surface area contributed by atoms with Crippen LogP contribution in [0.15, 0.2) is 29.2 Å². The Hall–Kier alpha value is -1.38. The number of hydrogen-bond acceptors (Lipinski definition) is 3. The van der Waals surface area contributed by atoms with Crippen LogP contribution in [0.3, 0.4) is 0 Å². The van der Waals surface area contributed by atoms with Gasteiger partial charge in [-0.1, -0.05) is 30.5 Å². The summed E-state index contributed by atoms with van der Waals surface area (Å²) in [6.45, 7) is 1.93. The lowest BCUT2D eigenvalue weighted by Gasteiger charge is -2.31. The van der Waals surface area contributed by atoms with Crippen LogP contribution in [-0.4, -0.2) is 24.8 Å². The average molecular weight is 304 g/mol. The molecule has 1 saturated carbocycles. The molecular weight excluding hydrogens is 284 g/mol. The largest absolute Gasteiger partial charge is 0.244 e. The highest BCUT2D eigenvalue weighted by Gasteiger charge is 2.48. The second kappa shape index (κ2) is 5.43. The van der Waals surface area contributed by atoms with Crippen molar-refractivity contribution >= 4 is 10.0 Å². The molecule has 2 aliphatic rings. The van der Waals surface area contributed by atoms with Gasteiger partial charge in [-0.05, 0) is 44.2 Å². The number of nitrogens with zero attached hydrogens (tertiary/aromatic N) is 2. The van der Waals surface area contributed by atoms with Crippen LogP contribution in [0.4, 0.5) is 0 Å². The first-order chi connectivity index (χ1) is 10.0. The Morgan fingerprint density at radius 2 is 1.86 bits per heavy atom. The summed E-state index contributed by atoms with van der Waals surface area (Å²) in [7, 11) is -3.58. The molecule has 1 aromatic carbocycles. The van der Waals surface area contributed by atoms with Gasteiger partial charge < -0.3 is 0 Å². The summed E-state index contributed by atoms with van der Waals surface area (Å²) < 4.78 is 27.4. The number of fused-ring (bicyclic) bond motifs is 1. The number of rotatable bonds is 2. The molecular formula is C16H20N2O2S. The summed E-state index contributed by atoms with van der Waals surface area (Å²) in [4.78, 5) is 0.305. The van der Waals surface area contributed by atoms with Gasteiger partial charge in [0.2, 0.25) is 10.0 Å². The molecule has 0 aromatic heterocycles. The Morgan fingerprint density at radius 1 is 1.19 bits per heavy atom. The molecule has 1 heterocycles. The van der Waals surface area contributed by atoms with Gasteiger partial charge in [0.15, 0.2) is 0 Å². The number of nitriles is 1. The highest BCUT2D eigenvalue weighted by atomic mass is 32.2. The Labute approximate surface area is 126 Å². The van der Waals surface area contributed by atoms with Crippen molar-refractivity contribution in [2.45, 2.75) is 56.0 Å². The van der Waals surface area contributed by atoms with E-state index in [1.165, 1.54) is 4.31 Å². The van der Waals surface area contributed by atoms with Crippen molar-refractivity contribution in [1.82, 2.24) is 4.31 Å². The van der Waals surface area contributed by atoms with E-state index >= 15 is 0 Å². The number of aryl methyl sites for hydroxylation is 1. The van der Waals surface area contributed by atoms with Crippen LogP contribution in [-0.2, 0) is 10.0 Å². The van der Waals surface area contributed by atoms with Gasteiger partial charge in [0.1, 0.15) is 6.04 Å². The van der Waals surface area contributed by atoms with E-state index < -0.39 is 16.1 Å². The Kier molecular flexibility index (Phi) is 3.76. The minimum Gasteiger partial charge on any atom is -0.207 e. The van der Waals surface area contributed by atoms with E-state index in [0.29, 0.717) is 17.2 Å². The molecule has 2 fully saturated rings. The highest BCUT2D eigenvalue weighted by molar-refractivity contribution is 7.89. The summed E-state index contributed by atoms with van der Waals surface area (Å²) in [6, 6.07) is 8.62. The van der Waals surface area contributed by atoms with E-state index in [9.17, 15) is 13.7 Å². The van der Waals surface area contributed by atoms with E-state index in [1.807, 2.05) is 19.1 Å². The van der Waals surface area contributed by atoms with Gasteiger partial charge in [0, 0.05) is 6.04 Å². The normalized spacial score (nSPS) is 29.8. The quantitative estimate of drug-likeness (QED) is 0.844. The van der Waals surface area contributed by atoms with Gasteiger partial charge in [-0.15, -0.1) is 0 Å². The molecule has 1 aliphatic heterocycles. The Bertz CT molecular complexity index is 661. The third-order valence-corrected chi connectivity index (χ3v) is 6.72. The molecule has 4 nitrogen and oxygen atoms in total. The summed E-state index contributed by atoms with van der Waals surface area (Å²) in [6.07, 6.45) is 4.82. The molecule has 21 heavy (non-hydrogen) atoms. The van der Waals surface area contributed by atoms with Crippen molar-refractivity contribution in [2.24, 2.45) is 5.92 Å². The fraction of sp³-hybridized carbons (Fsp3) is 0.562. The monoisotopic (exact) mass is 304 g/mol. The zero-order chi connectivity index (χ0) is 15.0. The standard InChI is InChI=1S/C16H20N2O2S/c1-12-6-8-15(9-7-12)21(19,20)18-14(11-17)10-13-4-2-3-5-16(13)18/h6-9,13-14,16H,2-5,10H2,1H3/t13-,14?,16+/m1/s1. The van der Waals surface area contributed by atoms with Gasteiger partial charge in [0.05, 0.1) is 11.0 Å². The summed E-state index contributed by atoms with van der Waals surface area (Å²) in [5.74, 6) is 0.351. The minimum atomic E-state index is -3.58. The lowest BCUT2D eigenvalue weighted by atomic mass is 9.85. The second-order valence-electron chi connectivity index (χ2n) is 6.14. The topological polar surface area (TPSA) is 61.2 Å². The van der Waals surface area contributed by atoms with E-state index in [1.54, 1.807) is 12.1 Å². The predicted octanol–water partition coefficient (Wildman–Crippen LogP) is 2.84. The van der Waals surface area contributed by atoms with E-state index in [-0.39, 0.29) is 6.04 Å². The third kappa shape index (κ3) is 2.47. The molecule has 5 heteroatoms. The summed E-state index contributed by atoms with van der Waals surface area (Å²) in [5, 5.41) is 9.38. The number of hydrogen-bond donors (Lipinski definition) is 0. The molecule has 0 spiro atoms. The number of benzene rings is 1. The maximum absolute atomic E-state index is 12.9. The van der Waals surface area contributed by atoms with Crippen LogP contribution in [0.1, 0.15) is 37.7 Å². The third-order valence-electron chi connectivity index (χ3n) is 4.77. The van der Waals surface area contributed by atoms with Crippen LogP contribution in [0.2, 0.25) is 0 Å². The maximum atomic E-state index is 12.9. The number of sulfonamides is 1. The summed E-state index contributed by atoms with van der Waals surface area (Å²) in [5.41, 5.74) is 1.03. The maximum Gasteiger partial charge on any atom is 0.244 e. The van der Waals surface area contributed by atoms with Gasteiger partial charge >= 0.3 is 0 Å². The molecule has 1 unspecified atom stereocenters.